The molecule has 5 nitrogen and oxygen atoms in total. The van der Waals surface area contributed by atoms with Gasteiger partial charge in [0.1, 0.15) is 5.82 Å². The molecule has 0 aromatic heterocycles. The van der Waals surface area contributed by atoms with Crippen LogP contribution in [-0.4, -0.2) is 30.1 Å². The van der Waals surface area contributed by atoms with Gasteiger partial charge in [0, 0.05) is 19.0 Å². The van der Waals surface area contributed by atoms with Crippen LogP contribution in [0.3, 0.4) is 0 Å². The summed E-state index contributed by atoms with van der Waals surface area (Å²) in [6.07, 6.45) is 0.453. The molecule has 0 radical (unpaired) electrons. The highest BCUT2D eigenvalue weighted by molar-refractivity contribution is 5.78. The fourth-order valence-electron chi connectivity index (χ4n) is 1.49. The number of carbonyl (C=O) groups is 2. The minimum absolute atomic E-state index is 0.0224. The first-order valence-corrected chi connectivity index (χ1v) is 6.80. The fraction of sp³-hybridized carbons (Fsp3) is 0.467. The first-order valence-electron chi connectivity index (χ1n) is 6.80. The van der Waals surface area contributed by atoms with E-state index in [2.05, 4.69) is 5.32 Å². The number of benzene rings is 1. The number of rotatable bonds is 8. The molecule has 22 heavy (non-hydrogen) atoms. The normalized spacial score (nSPS) is 11.1. The lowest BCUT2D eigenvalue weighted by molar-refractivity contribution is -0.146. The topological polar surface area (TPSA) is 75.6 Å². The van der Waals surface area contributed by atoms with Crippen molar-refractivity contribution in [3.05, 3.63) is 29.8 Å². The lowest BCUT2D eigenvalue weighted by atomic mass is 9.94. The number of carboxylic acid groups (broad SMARTS) is 1. The van der Waals surface area contributed by atoms with Gasteiger partial charge in [-0.3, -0.25) is 9.59 Å². The Morgan fingerprint density at radius 1 is 1.32 bits per heavy atom. The van der Waals surface area contributed by atoms with Crippen molar-refractivity contribution in [2.24, 2.45) is 5.41 Å². The Kier molecular flexibility index (Phi) is 6.27. The van der Waals surface area contributed by atoms with Crippen LogP contribution in [-0.2, 0) is 9.59 Å². The first-order chi connectivity index (χ1) is 10.2. The van der Waals surface area contributed by atoms with Crippen molar-refractivity contribution in [1.29, 1.82) is 0 Å². The van der Waals surface area contributed by atoms with Gasteiger partial charge in [0.2, 0.25) is 5.91 Å². The van der Waals surface area contributed by atoms with E-state index < -0.39 is 23.0 Å². The number of ether oxygens (including phenoxy) is 1. The summed E-state index contributed by atoms with van der Waals surface area (Å²) in [5.74, 6) is -2.87. The molecule has 0 unspecified atom stereocenters. The molecule has 0 aliphatic heterocycles. The summed E-state index contributed by atoms with van der Waals surface area (Å²) in [6.45, 7) is 3.14. The fourth-order valence-corrected chi connectivity index (χ4v) is 1.49. The van der Waals surface area contributed by atoms with E-state index in [1.165, 1.54) is 19.9 Å². The quantitative estimate of drug-likeness (QED) is 0.722. The van der Waals surface area contributed by atoms with Crippen LogP contribution in [0.2, 0.25) is 0 Å². The minimum Gasteiger partial charge on any atom is -0.491 e. The lowest BCUT2D eigenvalue weighted by Gasteiger charge is -2.19. The van der Waals surface area contributed by atoms with Crippen molar-refractivity contribution in [2.75, 3.05) is 13.2 Å². The van der Waals surface area contributed by atoms with Crippen LogP contribution in [0.4, 0.5) is 8.78 Å². The van der Waals surface area contributed by atoms with Crippen LogP contribution in [0.15, 0.2) is 18.2 Å². The van der Waals surface area contributed by atoms with Crippen molar-refractivity contribution in [2.45, 2.75) is 26.7 Å². The monoisotopic (exact) mass is 315 g/mol. The predicted octanol–water partition coefficient (Wildman–Crippen LogP) is 2.35. The van der Waals surface area contributed by atoms with Crippen LogP contribution < -0.4 is 10.1 Å². The highest BCUT2D eigenvalue weighted by Crippen LogP contribution is 2.18. The van der Waals surface area contributed by atoms with E-state index >= 15 is 0 Å². The van der Waals surface area contributed by atoms with Gasteiger partial charge in [0.05, 0.1) is 12.0 Å². The molecule has 0 aliphatic rings. The van der Waals surface area contributed by atoms with Crippen LogP contribution in [0.25, 0.3) is 0 Å². The third-order valence-electron chi connectivity index (χ3n) is 3.01. The van der Waals surface area contributed by atoms with Crippen molar-refractivity contribution in [1.82, 2.24) is 5.32 Å². The smallest absolute Gasteiger partial charge is 0.310 e. The van der Waals surface area contributed by atoms with Crippen LogP contribution in [0.1, 0.15) is 26.7 Å². The average molecular weight is 315 g/mol. The second-order valence-electron chi connectivity index (χ2n) is 5.49. The molecule has 0 fully saturated rings. The molecule has 1 rings (SSSR count). The van der Waals surface area contributed by atoms with Gasteiger partial charge in [-0.25, -0.2) is 8.78 Å². The Balaban J connectivity index is 2.27. The van der Waals surface area contributed by atoms with E-state index in [0.29, 0.717) is 6.42 Å². The second kappa shape index (κ2) is 7.72. The Morgan fingerprint density at radius 2 is 2.00 bits per heavy atom. The molecule has 0 spiro atoms. The van der Waals surface area contributed by atoms with Gasteiger partial charge in [0.25, 0.3) is 0 Å². The Morgan fingerprint density at radius 3 is 2.59 bits per heavy atom. The zero-order valence-electron chi connectivity index (χ0n) is 12.5. The molecule has 0 aliphatic carbocycles. The third kappa shape index (κ3) is 5.67. The highest BCUT2D eigenvalue weighted by atomic mass is 19.1. The van der Waals surface area contributed by atoms with Crippen molar-refractivity contribution in [3.8, 4) is 5.75 Å². The molecule has 1 aromatic carbocycles. The summed E-state index contributed by atoms with van der Waals surface area (Å²) < 4.78 is 31.1. The molecule has 122 valence electrons. The molecule has 0 saturated carbocycles. The van der Waals surface area contributed by atoms with Gasteiger partial charge in [-0.05, 0) is 32.4 Å². The van der Waals surface area contributed by atoms with Gasteiger partial charge in [-0.1, -0.05) is 0 Å². The van der Waals surface area contributed by atoms with Crippen LogP contribution >= 0.6 is 0 Å². The van der Waals surface area contributed by atoms with Crippen molar-refractivity contribution >= 4 is 11.9 Å². The maximum absolute atomic E-state index is 13.3. The SMILES string of the molecule is CC(C)(CNC(=O)CCCOc1ccc(F)cc1F)C(=O)O. The molecular formula is C15H19F2NO4. The molecule has 2 N–H and O–H groups in total. The van der Waals surface area contributed by atoms with E-state index in [9.17, 15) is 18.4 Å². The summed E-state index contributed by atoms with van der Waals surface area (Å²) in [6, 6.07) is 2.98. The average Bonchev–Trinajstić information content (AvgIpc) is 2.43. The summed E-state index contributed by atoms with van der Waals surface area (Å²) in [7, 11) is 0. The van der Waals surface area contributed by atoms with E-state index in [1.54, 1.807) is 0 Å². The van der Waals surface area contributed by atoms with Crippen molar-refractivity contribution < 1.29 is 28.2 Å². The largest absolute Gasteiger partial charge is 0.491 e. The van der Waals surface area contributed by atoms with E-state index in [0.717, 1.165) is 12.1 Å². The molecular weight excluding hydrogens is 296 g/mol. The summed E-state index contributed by atoms with van der Waals surface area (Å²) in [5, 5.41) is 11.4. The first kappa shape index (κ1) is 17.9. The third-order valence-corrected chi connectivity index (χ3v) is 3.01. The number of hydrogen-bond acceptors (Lipinski definition) is 3. The molecule has 7 heteroatoms. The summed E-state index contributed by atoms with van der Waals surface area (Å²) >= 11 is 0. The minimum atomic E-state index is -1.04. The van der Waals surface area contributed by atoms with E-state index in [-0.39, 0.29) is 31.2 Å². The maximum atomic E-state index is 13.3. The predicted molar refractivity (Wildman–Crippen MR) is 75.5 cm³/mol. The van der Waals surface area contributed by atoms with Gasteiger partial charge < -0.3 is 15.2 Å². The van der Waals surface area contributed by atoms with E-state index in [4.69, 9.17) is 9.84 Å². The number of amides is 1. The number of aliphatic carboxylic acids is 1. The number of carboxylic acids is 1. The van der Waals surface area contributed by atoms with Gasteiger partial charge in [-0.2, -0.15) is 0 Å². The highest BCUT2D eigenvalue weighted by Gasteiger charge is 2.27. The lowest BCUT2D eigenvalue weighted by Crippen LogP contribution is -2.38. The number of carbonyl (C=O) groups excluding carboxylic acids is 1. The number of nitrogens with one attached hydrogen (secondary N) is 1. The summed E-state index contributed by atoms with van der Waals surface area (Å²) in [4.78, 5) is 22.4. The van der Waals surface area contributed by atoms with Gasteiger partial charge in [0.15, 0.2) is 11.6 Å². The molecule has 0 atom stereocenters. The number of halogens is 2. The maximum Gasteiger partial charge on any atom is 0.310 e. The summed E-state index contributed by atoms with van der Waals surface area (Å²) in [5.41, 5.74) is -1.04. The number of hydrogen-bond donors (Lipinski definition) is 2. The zero-order chi connectivity index (χ0) is 16.8. The second-order valence-corrected chi connectivity index (χ2v) is 5.49. The Bertz CT molecular complexity index is 546. The zero-order valence-corrected chi connectivity index (χ0v) is 12.5. The molecule has 1 amide bonds. The Hall–Kier alpha value is -2.18. The van der Waals surface area contributed by atoms with Gasteiger partial charge >= 0.3 is 5.97 Å². The molecule has 0 heterocycles. The molecule has 0 bridgehead atoms. The standard InChI is InChI=1S/C15H19F2NO4/c1-15(2,14(20)21)9-18-13(19)4-3-7-22-12-6-5-10(16)8-11(12)17/h5-6,8H,3-4,7,9H2,1-2H3,(H,18,19)(H,20,21). The Labute approximate surface area is 127 Å². The van der Waals surface area contributed by atoms with Crippen LogP contribution in [0.5, 0.6) is 5.75 Å². The molecule has 0 saturated heterocycles. The molecule has 1 aromatic rings. The van der Waals surface area contributed by atoms with Gasteiger partial charge in [-0.15, -0.1) is 0 Å². The van der Waals surface area contributed by atoms with Crippen molar-refractivity contribution in [3.63, 3.8) is 0 Å². The van der Waals surface area contributed by atoms with E-state index in [1.807, 2.05) is 0 Å². The van der Waals surface area contributed by atoms with Crippen LogP contribution in [0, 0.1) is 17.0 Å².